The normalized spacial score (nSPS) is 10.9. The Balaban J connectivity index is 0.000000238. The van der Waals surface area contributed by atoms with Gasteiger partial charge in [0.15, 0.2) is 6.29 Å². The second kappa shape index (κ2) is 10.2. The standard InChI is InChI=1S/C10H12O3.C8H10O2/c1-2-7-13-10(12)8-3-5-9(11)6-4-8;1-7(9)10-8-5-3-2-4-6-8/h3-6,11H,2,7H2,1H3;2-7,9H,1H3. The highest BCUT2D eigenvalue weighted by atomic mass is 16.6. The van der Waals surface area contributed by atoms with E-state index in [4.69, 9.17) is 19.7 Å². The molecule has 1 atom stereocenters. The van der Waals surface area contributed by atoms with Crippen LogP contribution in [0, 0.1) is 0 Å². The maximum atomic E-state index is 11.2. The number of esters is 1. The van der Waals surface area contributed by atoms with Gasteiger partial charge in [-0.15, -0.1) is 0 Å². The molecule has 0 heterocycles. The van der Waals surface area contributed by atoms with E-state index in [0.717, 1.165) is 6.42 Å². The van der Waals surface area contributed by atoms with Crippen LogP contribution in [0.4, 0.5) is 0 Å². The molecule has 2 aromatic carbocycles. The summed E-state index contributed by atoms with van der Waals surface area (Å²) in [6, 6.07) is 15.2. The number of hydrogen-bond acceptors (Lipinski definition) is 5. The third kappa shape index (κ3) is 7.87. The fourth-order valence-electron chi connectivity index (χ4n) is 1.57. The molecule has 0 saturated carbocycles. The van der Waals surface area contributed by atoms with Gasteiger partial charge in [0.1, 0.15) is 11.5 Å². The number of aliphatic hydroxyl groups is 1. The van der Waals surface area contributed by atoms with Gasteiger partial charge in [0, 0.05) is 0 Å². The number of para-hydroxylation sites is 1. The molecular weight excluding hydrogens is 296 g/mol. The number of benzene rings is 2. The zero-order valence-electron chi connectivity index (χ0n) is 13.3. The quantitative estimate of drug-likeness (QED) is 0.653. The van der Waals surface area contributed by atoms with Crippen molar-refractivity contribution in [2.24, 2.45) is 0 Å². The molecule has 5 nitrogen and oxygen atoms in total. The summed E-state index contributed by atoms with van der Waals surface area (Å²) in [5, 5.41) is 17.7. The molecule has 0 bridgehead atoms. The van der Waals surface area contributed by atoms with Gasteiger partial charge >= 0.3 is 5.97 Å². The van der Waals surface area contributed by atoms with E-state index in [1.165, 1.54) is 24.3 Å². The Bertz CT molecular complexity index is 564. The van der Waals surface area contributed by atoms with Crippen LogP contribution in [0.15, 0.2) is 54.6 Å². The zero-order valence-corrected chi connectivity index (χ0v) is 13.3. The topological polar surface area (TPSA) is 76.0 Å². The van der Waals surface area contributed by atoms with Crippen LogP contribution in [0.1, 0.15) is 30.6 Å². The van der Waals surface area contributed by atoms with E-state index in [2.05, 4.69) is 0 Å². The van der Waals surface area contributed by atoms with Crippen LogP contribution in [0.3, 0.4) is 0 Å². The highest BCUT2D eigenvalue weighted by Gasteiger charge is 2.05. The molecule has 0 aliphatic carbocycles. The minimum absolute atomic E-state index is 0.145. The first kappa shape index (κ1) is 18.5. The summed E-state index contributed by atoms with van der Waals surface area (Å²) in [5.41, 5.74) is 0.464. The molecule has 0 amide bonds. The Hall–Kier alpha value is -2.53. The Morgan fingerprint density at radius 1 is 1.09 bits per heavy atom. The summed E-state index contributed by atoms with van der Waals surface area (Å²) in [4.78, 5) is 11.2. The van der Waals surface area contributed by atoms with Gasteiger partial charge in [-0.2, -0.15) is 0 Å². The average Bonchev–Trinajstić information content (AvgIpc) is 2.54. The monoisotopic (exact) mass is 318 g/mol. The van der Waals surface area contributed by atoms with Crippen LogP contribution in [0.25, 0.3) is 0 Å². The van der Waals surface area contributed by atoms with E-state index < -0.39 is 6.29 Å². The second-order valence-corrected chi connectivity index (χ2v) is 4.71. The van der Waals surface area contributed by atoms with Crippen molar-refractivity contribution in [1.82, 2.24) is 0 Å². The van der Waals surface area contributed by atoms with Crippen molar-refractivity contribution in [2.45, 2.75) is 26.6 Å². The van der Waals surface area contributed by atoms with E-state index in [-0.39, 0.29) is 11.7 Å². The molecule has 0 spiro atoms. The largest absolute Gasteiger partial charge is 0.508 e. The van der Waals surface area contributed by atoms with E-state index in [1.54, 1.807) is 19.1 Å². The molecule has 1 unspecified atom stereocenters. The van der Waals surface area contributed by atoms with Gasteiger partial charge in [0.25, 0.3) is 0 Å². The summed E-state index contributed by atoms with van der Waals surface area (Å²) >= 11 is 0. The highest BCUT2D eigenvalue weighted by molar-refractivity contribution is 5.89. The first-order chi connectivity index (χ1) is 11.0. The zero-order chi connectivity index (χ0) is 17.1. The predicted molar refractivity (Wildman–Crippen MR) is 87.4 cm³/mol. The van der Waals surface area contributed by atoms with Gasteiger partial charge in [-0.3, -0.25) is 0 Å². The Kier molecular flexibility index (Phi) is 8.24. The van der Waals surface area contributed by atoms with Crippen LogP contribution < -0.4 is 4.74 Å². The summed E-state index contributed by atoms with van der Waals surface area (Å²) in [5.74, 6) is 0.492. The Morgan fingerprint density at radius 3 is 2.22 bits per heavy atom. The molecule has 0 aromatic heterocycles. The van der Waals surface area contributed by atoms with Gasteiger partial charge in [-0.25, -0.2) is 4.79 Å². The first-order valence-corrected chi connectivity index (χ1v) is 7.39. The number of hydrogen-bond donors (Lipinski definition) is 2. The lowest BCUT2D eigenvalue weighted by molar-refractivity contribution is -0.000299. The minimum Gasteiger partial charge on any atom is -0.508 e. The van der Waals surface area contributed by atoms with E-state index in [1.807, 2.05) is 25.1 Å². The Morgan fingerprint density at radius 2 is 1.70 bits per heavy atom. The summed E-state index contributed by atoms with van der Waals surface area (Å²) in [6.07, 6.45) is 0.0755. The molecule has 2 N–H and O–H groups in total. The van der Waals surface area contributed by atoms with Gasteiger partial charge in [0.05, 0.1) is 12.2 Å². The van der Waals surface area contributed by atoms with Crippen molar-refractivity contribution in [1.29, 1.82) is 0 Å². The van der Waals surface area contributed by atoms with Crippen LogP contribution in [-0.2, 0) is 4.74 Å². The van der Waals surface area contributed by atoms with Crippen molar-refractivity contribution < 1.29 is 24.5 Å². The number of aliphatic hydroxyl groups excluding tert-OH is 1. The molecule has 0 radical (unpaired) electrons. The SMILES string of the molecule is CC(O)Oc1ccccc1.CCCOC(=O)c1ccc(O)cc1. The molecule has 0 fully saturated rings. The van der Waals surface area contributed by atoms with E-state index >= 15 is 0 Å². The van der Waals surface area contributed by atoms with Gasteiger partial charge in [-0.05, 0) is 49.7 Å². The third-order valence-electron chi connectivity index (χ3n) is 2.59. The molecular formula is C18H22O5. The number of carbonyl (C=O) groups is 1. The minimum atomic E-state index is -0.734. The number of rotatable bonds is 5. The number of carbonyl (C=O) groups excluding carboxylic acids is 1. The van der Waals surface area contributed by atoms with Crippen molar-refractivity contribution in [3.8, 4) is 11.5 Å². The number of phenolic OH excluding ortho intramolecular Hbond substituents is 1. The van der Waals surface area contributed by atoms with Crippen LogP contribution in [-0.4, -0.2) is 29.1 Å². The molecule has 0 aliphatic rings. The summed E-state index contributed by atoms with van der Waals surface area (Å²) in [6.45, 7) is 3.94. The fraction of sp³-hybridized carbons (Fsp3) is 0.278. The van der Waals surface area contributed by atoms with Gasteiger partial charge in [-0.1, -0.05) is 25.1 Å². The predicted octanol–water partition coefficient (Wildman–Crippen LogP) is 3.36. The van der Waals surface area contributed by atoms with Crippen molar-refractivity contribution in [3.05, 3.63) is 60.2 Å². The number of aromatic hydroxyl groups is 1. The average molecular weight is 318 g/mol. The summed E-state index contributed by atoms with van der Waals surface area (Å²) in [7, 11) is 0. The molecule has 124 valence electrons. The molecule has 5 heteroatoms. The number of ether oxygens (including phenoxy) is 2. The molecule has 2 aromatic rings. The summed E-state index contributed by atoms with van der Waals surface area (Å²) < 4.78 is 9.87. The van der Waals surface area contributed by atoms with Crippen molar-refractivity contribution in [2.75, 3.05) is 6.61 Å². The highest BCUT2D eigenvalue weighted by Crippen LogP contribution is 2.10. The maximum absolute atomic E-state index is 11.2. The third-order valence-corrected chi connectivity index (χ3v) is 2.59. The fourth-order valence-corrected chi connectivity index (χ4v) is 1.57. The van der Waals surface area contributed by atoms with Crippen molar-refractivity contribution >= 4 is 5.97 Å². The van der Waals surface area contributed by atoms with Crippen molar-refractivity contribution in [3.63, 3.8) is 0 Å². The van der Waals surface area contributed by atoms with Gasteiger partial charge < -0.3 is 19.7 Å². The van der Waals surface area contributed by atoms with Crippen LogP contribution in [0.5, 0.6) is 11.5 Å². The lowest BCUT2D eigenvalue weighted by Gasteiger charge is -2.06. The first-order valence-electron chi connectivity index (χ1n) is 7.39. The molecule has 0 saturated heterocycles. The lowest BCUT2D eigenvalue weighted by atomic mass is 10.2. The lowest BCUT2D eigenvalue weighted by Crippen LogP contribution is -2.08. The molecule has 0 aliphatic heterocycles. The smallest absolute Gasteiger partial charge is 0.338 e. The maximum Gasteiger partial charge on any atom is 0.338 e. The van der Waals surface area contributed by atoms with Crippen LogP contribution >= 0.6 is 0 Å². The van der Waals surface area contributed by atoms with E-state index in [0.29, 0.717) is 17.9 Å². The Labute approximate surface area is 136 Å². The second-order valence-electron chi connectivity index (χ2n) is 4.71. The van der Waals surface area contributed by atoms with E-state index in [9.17, 15) is 4.79 Å². The molecule has 23 heavy (non-hydrogen) atoms. The molecule has 2 rings (SSSR count). The van der Waals surface area contributed by atoms with Gasteiger partial charge in [0.2, 0.25) is 0 Å². The van der Waals surface area contributed by atoms with Crippen LogP contribution in [0.2, 0.25) is 0 Å². The number of phenols is 1.